The van der Waals surface area contributed by atoms with E-state index in [4.69, 9.17) is 15.6 Å². The van der Waals surface area contributed by atoms with E-state index in [0.29, 0.717) is 29.3 Å². The van der Waals surface area contributed by atoms with Crippen molar-refractivity contribution in [2.75, 3.05) is 19.7 Å². The van der Waals surface area contributed by atoms with Crippen molar-refractivity contribution in [2.45, 2.75) is 77.7 Å². The lowest BCUT2D eigenvalue weighted by Gasteiger charge is -2.35. The Balaban J connectivity index is 1.51. The molecule has 4 aliphatic rings. The minimum Gasteiger partial charge on any atom is -0.477 e. The van der Waals surface area contributed by atoms with Crippen LogP contribution in [0.2, 0.25) is 0 Å². The number of nitrogens with one attached hydrogen (secondary N) is 1. The number of nitrogens with zero attached hydrogens (tertiary/aromatic N) is 3. The first kappa shape index (κ1) is 24.8. The lowest BCUT2D eigenvalue weighted by molar-refractivity contribution is 0.201. The van der Waals surface area contributed by atoms with Gasteiger partial charge in [0.1, 0.15) is 5.82 Å². The summed E-state index contributed by atoms with van der Waals surface area (Å²) in [6.45, 7) is 13.5. The number of hydrogen-bond donors (Lipinski definition) is 2. The fraction of sp³-hybridized carbons (Fsp3) is 0.643. The van der Waals surface area contributed by atoms with Gasteiger partial charge >= 0.3 is 0 Å². The van der Waals surface area contributed by atoms with Crippen LogP contribution in [0.15, 0.2) is 58.6 Å². The molecule has 186 valence electrons. The second-order valence-corrected chi connectivity index (χ2v) is 11.4. The van der Waals surface area contributed by atoms with Crippen molar-refractivity contribution in [3.8, 4) is 0 Å². The van der Waals surface area contributed by atoms with Crippen LogP contribution in [0.25, 0.3) is 0 Å². The molecule has 2 aliphatic carbocycles. The summed E-state index contributed by atoms with van der Waals surface area (Å²) in [6, 6.07) is 0. The van der Waals surface area contributed by atoms with Gasteiger partial charge in [0.25, 0.3) is 0 Å². The van der Waals surface area contributed by atoms with Crippen LogP contribution < -0.4 is 11.2 Å². The smallest absolute Gasteiger partial charge is 0.232 e. The van der Waals surface area contributed by atoms with E-state index in [-0.39, 0.29) is 5.54 Å². The number of hydrazone groups is 1. The van der Waals surface area contributed by atoms with Gasteiger partial charge in [-0.3, -0.25) is 10.4 Å². The molecule has 1 atom stereocenters. The summed E-state index contributed by atoms with van der Waals surface area (Å²) in [5, 5.41) is 4.70. The zero-order valence-corrected chi connectivity index (χ0v) is 21.4. The molecule has 0 spiro atoms. The van der Waals surface area contributed by atoms with E-state index in [0.717, 1.165) is 50.2 Å². The third kappa shape index (κ3) is 5.48. The topological polar surface area (TPSA) is 75.2 Å². The number of nitrogens with two attached hydrogens (primary N) is 1. The maximum Gasteiger partial charge on any atom is 0.232 e. The van der Waals surface area contributed by atoms with Crippen LogP contribution in [-0.4, -0.2) is 42.2 Å². The summed E-state index contributed by atoms with van der Waals surface area (Å²) in [7, 11) is 0. The molecule has 0 aromatic carbocycles. The van der Waals surface area contributed by atoms with Crippen molar-refractivity contribution >= 4 is 12.1 Å². The highest BCUT2D eigenvalue weighted by Crippen LogP contribution is 2.71. The van der Waals surface area contributed by atoms with Crippen molar-refractivity contribution in [1.82, 2.24) is 10.3 Å². The van der Waals surface area contributed by atoms with Gasteiger partial charge in [-0.2, -0.15) is 0 Å². The van der Waals surface area contributed by atoms with Gasteiger partial charge in [0, 0.05) is 36.1 Å². The fourth-order valence-corrected chi connectivity index (χ4v) is 5.86. The summed E-state index contributed by atoms with van der Waals surface area (Å²) in [5.41, 5.74) is 11.2. The number of rotatable bonds is 9. The van der Waals surface area contributed by atoms with Gasteiger partial charge in [-0.25, -0.2) is 0 Å². The number of hydrogen-bond acceptors (Lipinski definition) is 6. The van der Waals surface area contributed by atoms with Crippen molar-refractivity contribution in [3.05, 3.63) is 48.5 Å². The van der Waals surface area contributed by atoms with Crippen LogP contribution in [0, 0.1) is 16.7 Å². The Hall–Kier alpha value is -2.34. The van der Waals surface area contributed by atoms with Crippen molar-refractivity contribution in [2.24, 2.45) is 32.6 Å². The summed E-state index contributed by atoms with van der Waals surface area (Å²) in [4.78, 5) is 6.78. The SMILES string of the molecule is C=CC1=C(\N2CC(CCCN)CC2(C)C)N\N=C(OCCC2(C3(C)CC3)CC2)/C=C\N=C/C=C\1. The van der Waals surface area contributed by atoms with Crippen LogP contribution >= 0.6 is 0 Å². The molecule has 0 bridgehead atoms. The van der Waals surface area contributed by atoms with Crippen molar-refractivity contribution < 1.29 is 4.74 Å². The Labute approximate surface area is 205 Å². The molecule has 6 heteroatoms. The van der Waals surface area contributed by atoms with Crippen LogP contribution in [0.5, 0.6) is 0 Å². The Morgan fingerprint density at radius 2 is 2.03 bits per heavy atom. The lowest BCUT2D eigenvalue weighted by atomic mass is 9.85. The van der Waals surface area contributed by atoms with Gasteiger partial charge in [-0.05, 0) is 101 Å². The zero-order valence-electron chi connectivity index (χ0n) is 21.4. The highest BCUT2D eigenvalue weighted by atomic mass is 16.5. The molecule has 3 fully saturated rings. The molecule has 2 aliphatic heterocycles. The molecule has 0 amide bonds. The van der Waals surface area contributed by atoms with E-state index in [2.05, 4.69) is 42.7 Å². The molecule has 4 rings (SSSR count). The highest BCUT2D eigenvalue weighted by Gasteiger charge is 2.61. The van der Waals surface area contributed by atoms with E-state index >= 15 is 0 Å². The van der Waals surface area contributed by atoms with Crippen LogP contribution in [0.4, 0.5) is 0 Å². The maximum absolute atomic E-state index is 6.19. The van der Waals surface area contributed by atoms with Crippen molar-refractivity contribution in [3.63, 3.8) is 0 Å². The Bertz CT molecular complexity index is 902. The molecular formula is C28H43N5O. The van der Waals surface area contributed by atoms with E-state index in [1.807, 2.05) is 24.3 Å². The first-order chi connectivity index (χ1) is 16.3. The Morgan fingerprint density at radius 1 is 1.24 bits per heavy atom. The first-order valence-corrected chi connectivity index (χ1v) is 13.0. The van der Waals surface area contributed by atoms with E-state index < -0.39 is 0 Å². The predicted octanol–water partition coefficient (Wildman–Crippen LogP) is 5.27. The quantitative estimate of drug-likeness (QED) is 0.486. The summed E-state index contributed by atoms with van der Waals surface area (Å²) in [5.74, 6) is 2.13. The lowest BCUT2D eigenvalue weighted by Crippen LogP contribution is -2.41. The third-order valence-electron chi connectivity index (χ3n) is 8.53. The van der Waals surface area contributed by atoms with Gasteiger partial charge in [0.2, 0.25) is 5.90 Å². The highest BCUT2D eigenvalue weighted by molar-refractivity contribution is 5.88. The number of aliphatic imine (C=N–C) groups is 1. The van der Waals surface area contributed by atoms with Gasteiger partial charge in [0.05, 0.1) is 6.61 Å². The summed E-state index contributed by atoms with van der Waals surface area (Å²) < 4.78 is 6.19. The molecule has 2 saturated carbocycles. The Kier molecular flexibility index (Phi) is 7.36. The summed E-state index contributed by atoms with van der Waals surface area (Å²) >= 11 is 0. The third-order valence-corrected chi connectivity index (χ3v) is 8.53. The average Bonchev–Trinajstić information content (AvgIpc) is 3.72. The molecule has 2 heterocycles. The summed E-state index contributed by atoms with van der Waals surface area (Å²) in [6.07, 6.45) is 21.1. The molecule has 34 heavy (non-hydrogen) atoms. The standard InChI is InChI=1S/C28H43N5O/c1-5-23-9-7-17-30-18-10-24(34-19-15-28(13-14-28)27(4)11-12-27)31-32-25(23)33-21-22(8-6-16-29)20-26(33,2)3/h5,7,9-10,17-18,22,32H,1,6,8,11-16,19-21,29H2,2-4H3/b9-7-,18-10-,25-23+,30-17-,31-24+. The van der Waals surface area contributed by atoms with E-state index in [9.17, 15) is 0 Å². The minimum absolute atomic E-state index is 0.00239. The molecule has 0 aromatic rings. The van der Waals surface area contributed by atoms with Crippen molar-refractivity contribution in [1.29, 1.82) is 0 Å². The first-order valence-electron chi connectivity index (χ1n) is 13.0. The molecule has 3 N–H and O–H groups in total. The molecule has 1 unspecified atom stereocenters. The number of ether oxygens (including phenoxy) is 1. The molecule has 1 saturated heterocycles. The minimum atomic E-state index is 0.00239. The van der Waals surface area contributed by atoms with Crippen LogP contribution in [-0.2, 0) is 4.74 Å². The van der Waals surface area contributed by atoms with Crippen LogP contribution in [0.3, 0.4) is 0 Å². The van der Waals surface area contributed by atoms with Gasteiger partial charge in [-0.1, -0.05) is 19.6 Å². The predicted molar refractivity (Wildman–Crippen MR) is 141 cm³/mol. The monoisotopic (exact) mass is 465 g/mol. The largest absolute Gasteiger partial charge is 0.477 e. The molecular weight excluding hydrogens is 422 g/mol. The molecule has 0 radical (unpaired) electrons. The van der Waals surface area contributed by atoms with Crippen LogP contribution in [0.1, 0.15) is 72.1 Å². The number of likely N-dealkylation sites (tertiary alicyclic amines) is 1. The second-order valence-electron chi connectivity index (χ2n) is 11.4. The fourth-order valence-electron chi connectivity index (χ4n) is 5.86. The average molecular weight is 466 g/mol. The van der Waals surface area contributed by atoms with E-state index in [1.165, 1.54) is 25.7 Å². The van der Waals surface area contributed by atoms with Gasteiger partial charge in [0.15, 0.2) is 0 Å². The van der Waals surface area contributed by atoms with E-state index in [1.54, 1.807) is 12.4 Å². The Morgan fingerprint density at radius 3 is 2.71 bits per heavy atom. The maximum atomic E-state index is 6.19. The van der Waals surface area contributed by atoms with Gasteiger partial charge in [-0.15, -0.1) is 5.10 Å². The molecule has 6 nitrogen and oxygen atoms in total. The number of allylic oxidation sites excluding steroid dienone is 4. The normalized spacial score (nSPS) is 33.0. The van der Waals surface area contributed by atoms with Gasteiger partial charge < -0.3 is 15.4 Å². The molecule has 0 aromatic heterocycles. The zero-order chi connectivity index (χ0) is 24.2. The second kappa shape index (κ2) is 10.1.